The van der Waals surface area contributed by atoms with E-state index in [1.165, 1.54) is 43.6 Å². The van der Waals surface area contributed by atoms with Crippen LogP contribution in [-0.4, -0.2) is 24.3 Å². The van der Waals surface area contributed by atoms with Crippen molar-refractivity contribution in [1.82, 2.24) is 4.90 Å². The predicted molar refractivity (Wildman–Crippen MR) is 67.2 cm³/mol. The third-order valence-electron chi connectivity index (χ3n) is 3.05. The van der Waals surface area contributed by atoms with Gasteiger partial charge in [-0.05, 0) is 25.7 Å². The molecule has 0 spiro atoms. The van der Waals surface area contributed by atoms with E-state index >= 15 is 0 Å². The van der Waals surface area contributed by atoms with Gasteiger partial charge in [-0.2, -0.15) is 0 Å². The molecule has 1 saturated heterocycles. The Balaban J connectivity index is 2.60. The van der Waals surface area contributed by atoms with Crippen LogP contribution in [0.15, 0.2) is 17.3 Å². The summed E-state index contributed by atoms with van der Waals surface area (Å²) in [6, 6.07) is 0. The minimum Gasteiger partial charge on any atom is -0.335 e. The maximum absolute atomic E-state index is 4.42. The average Bonchev–Trinajstić information content (AvgIpc) is 2.45. The van der Waals surface area contributed by atoms with Crippen LogP contribution in [0.5, 0.6) is 0 Å². The van der Waals surface area contributed by atoms with Crippen LogP contribution < -0.4 is 0 Å². The van der Waals surface area contributed by atoms with Gasteiger partial charge in [0.15, 0.2) is 0 Å². The molecule has 1 rings (SSSR count). The van der Waals surface area contributed by atoms with E-state index < -0.39 is 0 Å². The number of hydrogen-bond donors (Lipinski definition) is 0. The molecule has 2 heteroatoms. The lowest BCUT2D eigenvalue weighted by Crippen LogP contribution is -2.29. The fourth-order valence-electron chi connectivity index (χ4n) is 2.08. The summed E-state index contributed by atoms with van der Waals surface area (Å²) in [6.45, 7) is 7.52. The normalized spacial score (nSPS) is 19.2. The Kier molecular flexibility index (Phi) is 5.44. The van der Waals surface area contributed by atoms with Gasteiger partial charge in [-0.3, -0.25) is 4.99 Å². The van der Waals surface area contributed by atoms with Crippen LogP contribution in [0, 0.1) is 0 Å². The lowest BCUT2D eigenvalue weighted by atomic mass is 10.2. The van der Waals surface area contributed by atoms with Gasteiger partial charge >= 0.3 is 0 Å². The van der Waals surface area contributed by atoms with E-state index in [1.54, 1.807) is 0 Å². The molecular formula is C13H24N2. The molecule has 15 heavy (non-hydrogen) atoms. The van der Waals surface area contributed by atoms with Crippen molar-refractivity contribution in [2.45, 2.75) is 51.9 Å². The first-order valence-corrected chi connectivity index (χ1v) is 6.20. The van der Waals surface area contributed by atoms with Gasteiger partial charge in [0.05, 0.1) is 0 Å². The van der Waals surface area contributed by atoms with E-state index in [2.05, 4.69) is 23.4 Å². The van der Waals surface area contributed by atoms with E-state index in [0.29, 0.717) is 0 Å². The summed E-state index contributed by atoms with van der Waals surface area (Å²) in [5.41, 5.74) is 1.27. The summed E-state index contributed by atoms with van der Waals surface area (Å²) in [4.78, 5) is 6.77. The smallest absolute Gasteiger partial charge is 0.103 e. The standard InChI is InChI=1S/C13H24N2/c1-4-5-10-13(14-3)15-11-8-6-7-9-12(15)2/h2,4-11H2,1,3H3. The molecule has 0 bridgehead atoms. The van der Waals surface area contributed by atoms with Crippen molar-refractivity contribution in [1.29, 1.82) is 0 Å². The minimum atomic E-state index is 1.10. The van der Waals surface area contributed by atoms with Crippen LogP contribution in [0.25, 0.3) is 0 Å². The minimum absolute atomic E-state index is 1.10. The van der Waals surface area contributed by atoms with Gasteiger partial charge in [-0.1, -0.05) is 26.3 Å². The number of aliphatic imine (C=N–C) groups is 1. The van der Waals surface area contributed by atoms with E-state index in [0.717, 1.165) is 19.4 Å². The molecule has 0 aromatic heterocycles. The molecule has 0 aromatic rings. The summed E-state index contributed by atoms with van der Waals surface area (Å²) in [5.74, 6) is 1.24. The van der Waals surface area contributed by atoms with Gasteiger partial charge in [0, 0.05) is 25.7 Å². The van der Waals surface area contributed by atoms with Crippen molar-refractivity contribution in [2.24, 2.45) is 4.99 Å². The molecule has 0 unspecified atom stereocenters. The summed E-state index contributed by atoms with van der Waals surface area (Å²) in [5, 5.41) is 0. The predicted octanol–water partition coefficient (Wildman–Crippen LogP) is 3.59. The second-order valence-corrected chi connectivity index (χ2v) is 4.27. The lowest BCUT2D eigenvalue weighted by Gasteiger charge is -2.26. The Morgan fingerprint density at radius 1 is 1.40 bits per heavy atom. The molecule has 1 heterocycles. The number of nitrogens with zero attached hydrogens (tertiary/aromatic N) is 2. The molecule has 1 fully saturated rings. The lowest BCUT2D eigenvalue weighted by molar-refractivity contribution is 0.495. The number of hydrogen-bond acceptors (Lipinski definition) is 1. The van der Waals surface area contributed by atoms with Gasteiger partial charge in [-0.15, -0.1) is 0 Å². The van der Waals surface area contributed by atoms with Gasteiger partial charge in [0.25, 0.3) is 0 Å². The topological polar surface area (TPSA) is 15.6 Å². The quantitative estimate of drug-likeness (QED) is 0.511. The van der Waals surface area contributed by atoms with Crippen LogP contribution in [0.2, 0.25) is 0 Å². The van der Waals surface area contributed by atoms with Gasteiger partial charge in [0.1, 0.15) is 5.84 Å². The van der Waals surface area contributed by atoms with Crippen LogP contribution in [0.4, 0.5) is 0 Å². The third-order valence-corrected chi connectivity index (χ3v) is 3.05. The maximum Gasteiger partial charge on any atom is 0.103 e. The number of unbranched alkanes of at least 4 members (excludes halogenated alkanes) is 1. The zero-order chi connectivity index (χ0) is 11.1. The molecule has 0 saturated carbocycles. The molecule has 0 aromatic carbocycles. The maximum atomic E-state index is 4.42. The molecule has 0 aliphatic carbocycles. The molecular weight excluding hydrogens is 184 g/mol. The van der Waals surface area contributed by atoms with Crippen molar-refractivity contribution in [3.05, 3.63) is 12.3 Å². The highest BCUT2D eigenvalue weighted by atomic mass is 15.2. The van der Waals surface area contributed by atoms with Gasteiger partial charge in [0.2, 0.25) is 0 Å². The molecule has 0 radical (unpaired) electrons. The summed E-state index contributed by atoms with van der Waals surface area (Å²) in [7, 11) is 1.91. The first kappa shape index (κ1) is 12.3. The highest BCUT2D eigenvalue weighted by Gasteiger charge is 2.15. The fourth-order valence-corrected chi connectivity index (χ4v) is 2.08. The first-order valence-electron chi connectivity index (χ1n) is 6.20. The van der Waals surface area contributed by atoms with E-state index in [4.69, 9.17) is 0 Å². The molecule has 0 N–H and O–H groups in total. The van der Waals surface area contributed by atoms with Gasteiger partial charge < -0.3 is 4.90 Å². The fraction of sp³-hybridized carbons (Fsp3) is 0.769. The van der Waals surface area contributed by atoms with Crippen molar-refractivity contribution in [3.8, 4) is 0 Å². The van der Waals surface area contributed by atoms with Crippen molar-refractivity contribution >= 4 is 5.84 Å². The third kappa shape index (κ3) is 3.69. The monoisotopic (exact) mass is 208 g/mol. The van der Waals surface area contributed by atoms with Crippen molar-refractivity contribution < 1.29 is 0 Å². The molecule has 86 valence electrons. The van der Waals surface area contributed by atoms with Crippen molar-refractivity contribution in [3.63, 3.8) is 0 Å². The Bertz CT molecular complexity index is 231. The number of rotatable bonds is 3. The highest BCUT2D eigenvalue weighted by molar-refractivity contribution is 5.83. The van der Waals surface area contributed by atoms with E-state index in [9.17, 15) is 0 Å². The Hall–Kier alpha value is -0.790. The number of allylic oxidation sites excluding steroid dienone is 1. The second-order valence-electron chi connectivity index (χ2n) is 4.27. The van der Waals surface area contributed by atoms with Crippen LogP contribution >= 0.6 is 0 Å². The van der Waals surface area contributed by atoms with E-state index in [1.807, 2.05) is 7.05 Å². The second kappa shape index (κ2) is 6.65. The average molecular weight is 208 g/mol. The molecule has 1 aliphatic rings. The Labute approximate surface area is 94.1 Å². The molecule has 0 atom stereocenters. The zero-order valence-corrected chi connectivity index (χ0v) is 10.3. The summed E-state index contributed by atoms with van der Waals surface area (Å²) < 4.78 is 0. The first-order chi connectivity index (χ1) is 7.29. The van der Waals surface area contributed by atoms with E-state index in [-0.39, 0.29) is 0 Å². The van der Waals surface area contributed by atoms with Crippen molar-refractivity contribution in [2.75, 3.05) is 13.6 Å². The number of amidine groups is 1. The SMILES string of the molecule is C=C1CCCCCN1C(CCCC)=NC. The van der Waals surface area contributed by atoms with Crippen LogP contribution in [0.1, 0.15) is 51.9 Å². The molecule has 1 aliphatic heterocycles. The molecule has 2 nitrogen and oxygen atoms in total. The summed E-state index contributed by atoms with van der Waals surface area (Å²) in [6.07, 6.45) is 8.62. The largest absolute Gasteiger partial charge is 0.335 e. The van der Waals surface area contributed by atoms with Gasteiger partial charge in [-0.25, -0.2) is 0 Å². The Morgan fingerprint density at radius 2 is 2.20 bits per heavy atom. The van der Waals surface area contributed by atoms with Crippen LogP contribution in [0.3, 0.4) is 0 Å². The Morgan fingerprint density at radius 3 is 2.87 bits per heavy atom. The number of likely N-dealkylation sites (tertiary alicyclic amines) is 1. The molecule has 0 amide bonds. The zero-order valence-electron chi connectivity index (χ0n) is 10.3. The summed E-state index contributed by atoms with van der Waals surface area (Å²) >= 11 is 0. The highest BCUT2D eigenvalue weighted by Crippen LogP contribution is 2.20. The van der Waals surface area contributed by atoms with Crippen LogP contribution in [-0.2, 0) is 0 Å².